The molecule has 0 aliphatic rings. The molecule has 0 aliphatic heterocycles. The maximum absolute atomic E-state index is 11.6. The largest absolute Gasteiger partial charge is 0.494 e. The maximum atomic E-state index is 11.6. The van der Waals surface area contributed by atoms with Gasteiger partial charge in [0.05, 0.1) is 6.61 Å². The number of aryl methyl sites for hydroxylation is 1. The lowest BCUT2D eigenvalue weighted by Gasteiger charge is -2.09. The van der Waals surface area contributed by atoms with Crippen LogP contribution in [0.4, 0.5) is 0 Å². The van der Waals surface area contributed by atoms with Gasteiger partial charge in [0, 0.05) is 18.3 Å². The van der Waals surface area contributed by atoms with Crippen LogP contribution in [-0.4, -0.2) is 16.2 Å². The van der Waals surface area contributed by atoms with Crippen molar-refractivity contribution < 1.29 is 4.74 Å². The molecule has 2 rings (SSSR count). The normalized spacial score (nSPS) is 10.4. The van der Waals surface area contributed by atoms with E-state index >= 15 is 0 Å². The van der Waals surface area contributed by atoms with Crippen molar-refractivity contribution in [3.8, 4) is 0 Å². The second-order valence-corrected chi connectivity index (χ2v) is 5.80. The first-order valence-electron chi connectivity index (χ1n) is 7.84. The SMILES string of the molecule is C=C(OCCCCCCn1ccc(=S)[nH]c1=O)c1ccccc1. The van der Waals surface area contributed by atoms with Gasteiger partial charge in [-0.3, -0.25) is 4.98 Å². The van der Waals surface area contributed by atoms with E-state index in [0.717, 1.165) is 37.0 Å². The summed E-state index contributed by atoms with van der Waals surface area (Å²) in [6.45, 7) is 5.33. The van der Waals surface area contributed by atoms with Crippen molar-refractivity contribution in [2.45, 2.75) is 32.2 Å². The highest BCUT2D eigenvalue weighted by Crippen LogP contribution is 2.13. The summed E-state index contributed by atoms with van der Waals surface area (Å²) in [5.74, 6) is 0.719. The standard InChI is InChI=1S/C18H22N2O2S/c1-15(16-9-5-4-6-10-16)22-14-8-3-2-7-12-20-13-11-17(23)19-18(20)21/h4-6,9-11,13H,1-3,7-8,12,14H2,(H,19,21,23). The number of nitrogens with one attached hydrogen (secondary N) is 1. The average Bonchev–Trinajstić information content (AvgIpc) is 2.56. The van der Waals surface area contributed by atoms with Crippen molar-refractivity contribution in [3.05, 3.63) is 69.9 Å². The second-order valence-electron chi connectivity index (χ2n) is 5.36. The molecule has 0 radical (unpaired) electrons. The Morgan fingerprint density at radius 1 is 1.13 bits per heavy atom. The van der Waals surface area contributed by atoms with E-state index < -0.39 is 0 Å². The molecule has 0 amide bonds. The van der Waals surface area contributed by atoms with E-state index in [1.165, 1.54) is 0 Å². The van der Waals surface area contributed by atoms with E-state index in [0.29, 0.717) is 17.8 Å². The van der Waals surface area contributed by atoms with Crippen molar-refractivity contribution in [1.29, 1.82) is 0 Å². The van der Waals surface area contributed by atoms with Crippen LogP contribution in [0.2, 0.25) is 0 Å². The molecule has 0 atom stereocenters. The van der Waals surface area contributed by atoms with E-state index in [9.17, 15) is 4.79 Å². The van der Waals surface area contributed by atoms with Gasteiger partial charge in [-0.05, 0) is 18.9 Å². The minimum Gasteiger partial charge on any atom is -0.494 e. The van der Waals surface area contributed by atoms with Gasteiger partial charge in [0.2, 0.25) is 0 Å². The van der Waals surface area contributed by atoms with Gasteiger partial charge >= 0.3 is 5.69 Å². The third kappa shape index (κ3) is 5.87. The van der Waals surface area contributed by atoms with Gasteiger partial charge in [0.15, 0.2) is 0 Å². The molecule has 122 valence electrons. The zero-order valence-corrected chi connectivity index (χ0v) is 14.0. The predicted octanol–water partition coefficient (Wildman–Crippen LogP) is 4.15. The van der Waals surface area contributed by atoms with Crippen LogP contribution < -0.4 is 5.69 Å². The fourth-order valence-electron chi connectivity index (χ4n) is 2.26. The summed E-state index contributed by atoms with van der Waals surface area (Å²) in [6.07, 6.45) is 5.82. The van der Waals surface area contributed by atoms with Crippen LogP contribution in [0.15, 0.2) is 54.0 Å². The topological polar surface area (TPSA) is 47.0 Å². The molecule has 0 unspecified atom stereocenters. The quantitative estimate of drug-likeness (QED) is 0.427. The van der Waals surface area contributed by atoms with Gasteiger partial charge < -0.3 is 9.30 Å². The highest BCUT2D eigenvalue weighted by atomic mass is 32.1. The Morgan fingerprint density at radius 2 is 1.87 bits per heavy atom. The first-order chi connectivity index (χ1) is 11.2. The van der Waals surface area contributed by atoms with Gasteiger partial charge in [-0.1, -0.05) is 62.0 Å². The van der Waals surface area contributed by atoms with Crippen LogP contribution in [0.5, 0.6) is 0 Å². The molecule has 0 fully saturated rings. The van der Waals surface area contributed by atoms with E-state index in [-0.39, 0.29) is 5.69 Å². The maximum Gasteiger partial charge on any atom is 0.326 e. The summed E-state index contributed by atoms with van der Waals surface area (Å²) in [6, 6.07) is 11.6. The van der Waals surface area contributed by atoms with Crippen molar-refractivity contribution in [2.24, 2.45) is 0 Å². The third-order valence-corrected chi connectivity index (χ3v) is 3.80. The monoisotopic (exact) mass is 330 g/mol. The molecule has 23 heavy (non-hydrogen) atoms. The molecule has 1 N–H and O–H groups in total. The van der Waals surface area contributed by atoms with Crippen molar-refractivity contribution in [1.82, 2.24) is 9.55 Å². The molecule has 5 heteroatoms. The van der Waals surface area contributed by atoms with Gasteiger partial charge in [0.1, 0.15) is 10.4 Å². The number of nitrogens with zero attached hydrogens (tertiary/aromatic N) is 1. The fraction of sp³-hybridized carbons (Fsp3) is 0.333. The number of H-pyrrole nitrogens is 1. The molecular weight excluding hydrogens is 308 g/mol. The molecule has 0 saturated carbocycles. The summed E-state index contributed by atoms with van der Waals surface area (Å²) >= 11 is 4.91. The number of hydrogen-bond donors (Lipinski definition) is 1. The predicted molar refractivity (Wildman–Crippen MR) is 95.8 cm³/mol. The Kier molecular flexibility index (Phi) is 6.81. The van der Waals surface area contributed by atoms with Crippen LogP contribution in [-0.2, 0) is 11.3 Å². The van der Waals surface area contributed by atoms with Crippen LogP contribution in [0, 0.1) is 4.64 Å². The summed E-state index contributed by atoms with van der Waals surface area (Å²) in [7, 11) is 0. The van der Waals surface area contributed by atoms with E-state index in [4.69, 9.17) is 17.0 Å². The van der Waals surface area contributed by atoms with Crippen molar-refractivity contribution in [2.75, 3.05) is 6.61 Å². The fourth-order valence-corrected chi connectivity index (χ4v) is 2.41. The molecule has 2 aromatic rings. The number of unbranched alkanes of at least 4 members (excludes halogenated alkanes) is 3. The first-order valence-corrected chi connectivity index (χ1v) is 8.24. The van der Waals surface area contributed by atoms with Crippen LogP contribution in [0.1, 0.15) is 31.2 Å². The zero-order chi connectivity index (χ0) is 16.5. The number of aromatic nitrogens is 2. The lowest BCUT2D eigenvalue weighted by Crippen LogP contribution is -2.22. The molecule has 0 saturated heterocycles. The lowest BCUT2D eigenvalue weighted by atomic mass is 10.2. The summed E-state index contributed by atoms with van der Waals surface area (Å²) in [5, 5.41) is 0. The molecule has 0 bridgehead atoms. The Labute approximate surface area is 141 Å². The van der Waals surface area contributed by atoms with E-state index in [1.54, 1.807) is 16.8 Å². The summed E-state index contributed by atoms with van der Waals surface area (Å²) < 4.78 is 7.79. The molecule has 0 spiro atoms. The first kappa shape index (κ1) is 17.2. The second kappa shape index (κ2) is 9.10. The Bertz CT molecular complexity index is 734. The molecule has 1 aromatic heterocycles. The van der Waals surface area contributed by atoms with Gasteiger partial charge in [-0.2, -0.15) is 0 Å². The van der Waals surface area contributed by atoms with E-state index in [2.05, 4.69) is 11.6 Å². The highest BCUT2D eigenvalue weighted by molar-refractivity contribution is 7.71. The van der Waals surface area contributed by atoms with Crippen molar-refractivity contribution >= 4 is 18.0 Å². The highest BCUT2D eigenvalue weighted by Gasteiger charge is 1.99. The smallest absolute Gasteiger partial charge is 0.326 e. The van der Waals surface area contributed by atoms with E-state index in [1.807, 2.05) is 30.3 Å². The number of aromatic amines is 1. The number of hydrogen-bond acceptors (Lipinski definition) is 3. The lowest BCUT2D eigenvalue weighted by molar-refractivity contribution is 0.267. The number of rotatable bonds is 9. The van der Waals surface area contributed by atoms with Gasteiger partial charge in [-0.25, -0.2) is 4.79 Å². The minimum atomic E-state index is -0.139. The van der Waals surface area contributed by atoms with Crippen LogP contribution in [0.3, 0.4) is 0 Å². The average molecular weight is 330 g/mol. The van der Waals surface area contributed by atoms with Crippen molar-refractivity contribution in [3.63, 3.8) is 0 Å². The van der Waals surface area contributed by atoms with Crippen LogP contribution >= 0.6 is 12.2 Å². The molecule has 0 aliphatic carbocycles. The molecular formula is C18H22N2O2S. The number of benzene rings is 1. The third-order valence-electron chi connectivity index (χ3n) is 3.56. The van der Waals surface area contributed by atoms with Gasteiger partial charge in [0.25, 0.3) is 0 Å². The number of ether oxygens (including phenoxy) is 1. The Hall–Kier alpha value is -2.14. The summed E-state index contributed by atoms with van der Waals surface area (Å²) in [5.41, 5.74) is 0.883. The summed E-state index contributed by atoms with van der Waals surface area (Å²) in [4.78, 5) is 14.2. The molecule has 1 aromatic carbocycles. The van der Waals surface area contributed by atoms with Crippen LogP contribution in [0.25, 0.3) is 5.76 Å². The Balaban J connectivity index is 1.58. The zero-order valence-electron chi connectivity index (χ0n) is 13.2. The molecule has 1 heterocycles. The molecule has 4 nitrogen and oxygen atoms in total. The van der Waals surface area contributed by atoms with Gasteiger partial charge in [-0.15, -0.1) is 0 Å². The Morgan fingerprint density at radius 3 is 2.61 bits per heavy atom. The minimum absolute atomic E-state index is 0.139.